The summed E-state index contributed by atoms with van der Waals surface area (Å²) in [6.45, 7) is 5.56. The molecule has 0 saturated carbocycles. The van der Waals surface area contributed by atoms with Crippen molar-refractivity contribution in [2.75, 3.05) is 5.32 Å². The molecular formula is C22H21NO3S. The van der Waals surface area contributed by atoms with Crippen LogP contribution in [-0.4, -0.2) is 18.0 Å². The summed E-state index contributed by atoms with van der Waals surface area (Å²) >= 11 is 1.31. The Hall–Kier alpha value is -2.92. The van der Waals surface area contributed by atoms with Crippen LogP contribution in [-0.2, 0) is 9.53 Å². The van der Waals surface area contributed by atoms with E-state index in [2.05, 4.69) is 5.32 Å². The van der Waals surface area contributed by atoms with Gasteiger partial charge < -0.3 is 10.1 Å². The summed E-state index contributed by atoms with van der Waals surface area (Å²) in [5.74, 6) is -0.854. The highest BCUT2D eigenvalue weighted by Gasteiger charge is 2.22. The van der Waals surface area contributed by atoms with E-state index in [1.54, 1.807) is 6.92 Å². The molecule has 2 aromatic carbocycles. The van der Waals surface area contributed by atoms with Crippen LogP contribution in [0.3, 0.4) is 0 Å². The van der Waals surface area contributed by atoms with Crippen LogP contribution >= 0.6 is 11.3 Å². The van der Waals surface area contributed by atoms with E-state index in [0.29, 0.717) is 10.6 Å². The maximum Gasteiger partial charge on any atom is 0.349 e. The summed E-state index contributed by atoms with van der Waals surface area (Å²) < 4.78 is 5.40. The second-order valence-electron chi connectivity index (χ2n) is 6.43. The van der Waals surface area contributed by atoms with Gasteiger partial charge in [-0.3, -0.25) is 4.79 Å². The minimum absolute atomic E-state index is 0.361. The SMILES string of the molecule is Cc1ccc(NC(=O)[C@H](C)OC(=O)c2sccc2-c2ccc(C)cc2)cc1. The van der Waals surface area contributed by atoms with Crippen molar-refractivity contribution in [1.29, 1.82) is 0 Å². The maximum atomic E-state index is 12.6. The number of amides is 1. The van der Waals surface area contributed by atoms with E-state index < -0.39 is 12.1 Å². The number of esters is 1. The third-order valence-corrected chi connectivity index (χ3v) is 5.08. The lowest BCUT2D eigenvalue weighted by atomic mass is 10.1. The number of aryl methyl sites for hydroxylation is 2. The average molecular weight is 379 g/mol. The minimum atomic E-state index is -0.897. The van der Waals surface area contributed by atoms with E-state index in [1.165, 1.54) is 11.3 Å². The number of hydrogen-bond acceptors (Lipinski definition) is 4. The number of benzene rings is 2. The Balaban J connectivity index is 1.68. The second-order valence-corrected chi connectivity index (χ2v) is 7.35. The molecule has 0 fully saturated rings. The molecular weight excluding hydrogens is 358 g/mol. The van der Waals surface area contributed by atoms with Crippen molar-refractivity contribution in [1.82, 2.24) is 0 Å². The minimum Gasteiger partial charge on any atom is -0.448 e. The molecule has 1 atom stereocenters. The van der Waals surface area contributed by atoms with Gasteiger partial charge in [0.15, 0.2) is 6.10 Å². The first-order valence-corrected chi connectivity index (χ1v) is 9.55. The smallest absolute Gasteiger partial charge is 0.349 e. The van der Waals surface area contributed by atoms with Crippen LogP contribution in [0.2, 0.25) is 0 Å². The Kier molecular flexibility index (Phi) is 5.72. The fraction of sp³-hybridized carbons (Fsp3) is 0.182. The topological polar surface area (TPSA) is 55.4 Å². The zero-order valence-electron chi connectivity index (χ0n) is 15.5. The molecule has 0 bridgehead atoms. The van der Waals surface area contributed by atoms with E-state index in [9.17, 15) is 9.59 Å². The van der Waals surface area contributed by atoms with Gasteiger partial charge in [-0.1, -0.05) is 47.5 Å². The Bertz CT molecular complexity index is 942. The van der Waals surface area contributed by atoms with Crippen molar-refractivity contribution in [3.05, 3.63) is 76.0 Å². The number of hydrogen-bond donors (Lipinski definition) is 1. The van der Waals surface area contributed by atoms with Crippen LogP contribution in [0, 0.1) is 13.8 Å². The lowest BCUT2D eigenvalue weighted by Crippen LogP contribution is -2.29. The summed E-state index contributed by atoms with van der Waals surface area (Å²) in [7, 11) is 0. The summed E-state index contributed by atoms with van der Waals surface area (Å²) in [5.41, 5.74) is 4.69. The Morgan fingerprint density at radius 2 is 1.52 bits per heavy atom. The molecule has 27 heavy (non-hydrogen) atoms. The molecule has 3 rings (SSSR count). The normalized spacial score (nSPS) is 11.7. The molecule has 0 radical (unpaired) electrons. The van der Waals surface area contributed by atoms with Gasteiger partial charge in [0.2, 0.25) is 0 Å². The first kappa shape index (κ1) is 18.9. The molecule has 1 N–H and O–H groups in total. The number of carbonyl (C=O) groups is 2. The summed E-state index contributed by atoms with van der Waals surface area (Å²) in [5, 5.41) is 4.61. The number of nitrogens with one attached hydrogen (secondary N) is 1. The second kappa shape index (κ2) is 8.18. The predicted molar refractivity (Wildman–Crippen MR) is 109 cm³/mol. The third-order valence-electron chi connectivity index (χ3n) is 4.19. The molecule has 0 aliphatic carbocycles. The van der Waals surface area contributed by atoms with Crippen molar-refractivity contribution in [3.8, 4) is 11.1 Å². The van der Waals surface area contributed by atoms with Gasteiger partial charge in [-0.15, -0.1) is 11.3 Å². The highest BCUT2D eigenvalue weighted by Crippen LogP contribution is 2.29. The number of rotatable bonds is 5. The molecule has 5 heteroatoms. The third kappa shape index (κ3) is 4.63. The van der Waals surface area contributed by atoms with Gasteiger partial charge in [0.1, 0.15) is 4.88 Å². The van der Waals surface area contributed by atoms with Crippen LogP contribution in [0.4, 0.5) is 5.69 Å². The summed E-state index contributed by atoms with van der Waals surface area (Å²) in [6, 6.07) is 17.3. The maximum absolute atomic E-state index is 12.6. The molecule has 4 nitrogen and oxygen atoms in total. The summed E-state index contributed by atoms with van der Waals surface area (Å²) in [4.78, 5) is 25.4. The van der Waals surface area contributed by atoms with Gasteiger partial charge in [0.05, 0.1) is 0 Å². The highest BCUT2D eigenvalue weighted by molar-refractivity contribution is 7.12. The molecule has 0 aliphatic heterocycles. The van der Waals surface area contributed by atoms with Crippen molar-refractivity contribution >= 4 is 28.9 Å². The molecule has 1 heterocycles. The number of carbonyl (C=O) groups excluding carboxylic acids is 2. The Labute approximate surface area is 162 Å². The first-order valence-electron chi connectivity index (χ1n) is 8.67. The van der Waals surface area contributed by atoms with Crippen molar-refractivity contribution in [3.63, 3.8) is 0 Å². The average Bonchev–Trinajstić information content (AvgIpc) is 3.14. The van der Waals surface area contributed by atoms with Gasteiger partial charge in [0, 0.05) is 11.3 Å². The van der Waals surface area contributed by atoms with Crippen LogP contribution in [0.1, 0.15) is 27.7 Å². The molecule has 0 saturated heterocycles. The molecule has 1 amide bonds. The molecule has 0 unspecified atom stereocenters. The summed E-state index contributed by atoms with van der Waals surface area (Å²) in [6.07, 6.45) is -0.897. The zero-order chi connectivity index (χ0) is 19.4. The Morgan fingerprint density at radius 1 is 0.926 bits per heavy atom. The number of ether oxygens (including phenoxy) is 1. The number of thiophene rings is 1. The lowest BCUT2D eigenvalue weighted by molar-refractivity contribution is -0.123. The van der Waals surface area contributed by atoms with Gasteiger partial charge in [0.25, 0.3) is 5.91 Å². The fourth-order valence-electron chi connectivity index (χ4n) is 2.58. The highest BCUT2D eigenvalue weighted by atomic mass is 32.1. The standard InChI is InChI=1S/C22H21NO3S/c1-14-4-8-17(9-5-14)19-12-13-27-20(19)22(25)26-16(3)21(24)23-18-10-6-15(2)7-11-18/h4-13,16H,1-3H3,(H,23,24)/t16-/m0/s1. The van der Waals surface area contributed by atoms with E-state index in [4.69, 9.17) is 4.74 Å². The van der Waals surface area contributed by atoms with Crippen LogP contribution in [0.25, 0.3) is 11.1 Å². The molecule has 3 aromatic rings. The van der Waals surface area contributed by atoms with Crippen molar-refractivity contribution in [2.45, 2.75) is 26.9 Å². The van der Waals surface area contributed by atoms with Gasteiger partial charge in [-0.05, 0) is 49.9 Å². The first-order chi connectivity index (χ1) is 12.9. The van der Waals surface area contributed by atoms with Crippen molar-refractivity contribution in [2.24, 2.45) is 0 Å². The molecule has 1 aromatic heterocycles. The molecule has 0 spiro atoms. The Morgan fingerprint density at radius 3 is 2.15 bits per heavy atom. The van der Waals surface area contributed by atoms with E-state index in [-0.39, 0.29) is 5.91 Å². The van der Waals surface area contributed by atoms with E-state index in [0.717, 1.165) is 22.3 Å². The van der Waals surface area contributed by atoms with Gasteiger partial charge >= 0.3 is 5.97 Å². The fourth-order valence-corrected chi connectivity index (χ4v) is 3.37. The van der Waals surface area contributed by atoms with Gasteiger partial charge in [-0.25, -0.2) is 4.79 Å². The molecule has 0 aliphatic rings. The van der Waals surface area contributed by atoms with E-state index >= 15 is 0 Å². The monoisotopic (exact) mass is 379 g/mol. The zero-order valence-corrected chi connectivity index (χ0v) is 16.3. The van der Waals surface area contributed by atoms with Crippen molar-refractivity contribution < 1.29 is 14.3 Å². The number of anilines is 1. The van der Waals surface area contributed by atoms with E-state index in [1.807, 2.05) is 73.8 Å². The molecule has 138 valence electrons. The largest absolute Gasteiger partial charge is 0.448 e. The predicted octanol–water partition coefficient (Wildman–Crippen LogP) is 5.22. The van der Waals surface area contributed by atoms with Crippen LogP contribution < -0.4 is 5.32 Å². The van der Waals surface area contributed by atoms with Crippen LogP contribution in [0.5, 0.6) is 0 Å². The van der Waals surface area contributed by atoms with Crippen LogP contribution in [0.15, 0.2) is 60.0 Å². The quantitative estimate of drug-likeness (QED) is 0.619. The lowest BCUT2D eigenvalue weighted by Gasteiger charge is -2.14. The van der Waals surface area contributed by atoms with Gasteiger partial charge in [-0.2, -0.15) is 0 Å².